The van der Waals surface area contributed by atoms with Crippen molar-refractivity contribution in [3.05, 3.63) is 90.0 Å². The highest BCUT2D eigenvalue weighted by molar-refractivity contribution is 5.91. The number of hydrogen-bond acceptors (Lipinski definition) is 3. The van der Waals surface area contributed by atoms with E-state index in [0.717, 1.165) is 23.5 Å². The van der Waals surface area contributed by atoms with Gasteiger partial charge in [0.15, 0.2) is 6.61 Å². The van der Waals surface area contributed by atoms with Crippen LogP contribution >= 0.6 is 0 Å². The summed E-state index contributed by atoms with van der Waals surface area (Å²) in [4.78, 5) is 12.0. The lowest BCUT2D eigenvalue weighted by molar-refractivity contribution is -0.118. The standard InChI is InChI=1S/C23H23NO3/c1-18-7-5-6-10-22(18)27-17-23(25)24-20-11-13-21(14-12-20)26-16-15-19-8-3-2-4-9-19/h2-14H,15-17H2,1H3,(H,24,25). The molecular formula is C23H23NO3. The van der Waals surface area contributed by atoms with E-state index in [4.69, 9.17) is 9.47 Å². The SMILES string of the molecule is Cc1ccccc1OCC(=O)Nc1ccc(OCCc2ccccc2)cc1. The van der Waals surface area contributed by atoms with Crippen LogP contribution in [0.1, 0.15) is 11.1 Å². The lowest BCUT2D eigenvalue weighted by Gasteiger charge is -2.10. The molecule has 0 heterocycles. The second-order valence-corrected chi connectivity index (χ2v) is 6.21. The largest absolute Gasteiger partial charge is 0.493 e. The Hall–Kier alpha value is -3.27. The van der Waals surface area contributed by atoms with Crippen LogP contribution in [0.25, 0.3) is 0 Å². The molecule has 0 aliphatic heterocycles. The molecule has 4 heteroatoms. The number of benzene rings is 3. The zero-order chi connectivity index (χ0) is 18.9. The third-order valence-electron chi connectivity index (χ3n) is 4.09. The highest BCUT2D eigenvalue weighted by Crippen LogP contribution is 2.18. The maximum absolute atomic E-state index is 12.0. The molecule has 0 aliphatic rings. The van der Waals surface area contributed by atoms with Crippen molar-refractivity contribution in [3.8, 4) is 11.5 Å². The van der Waals surface area contributed by atoms with Crippen molar-refractivity contribution in [2.24, 2.45) is 0 Å². The number of carbonyl (C=O) groups excluding carboxylic acids is 1. The maximum atomic E-state index is 12.0. The highest BCUT2D eigenvalue weighted by Gasteiger charge is 2.05. The highest BCUT2D eigenvalue weighted by atomic mass is 16.5. The number of amides is 1. The summed E-state index contributed by atoms with van der Waals surface area (Å²) >= 11 is 0. The van der Waals surface area contributed by atoms with Crippen LogP contribution in [-0.2, 0) is 11.2 Å². The molecule has 27 heavy (non-hydrogen) atoms. The zero-order valence-electron chi connectivity index (χ0n) is 15.4. The number of aryl methyl sites for hydroxylation is 1. The Morgan fingerprint density at radius 2 is 1.56 bits per heavy atom. The molecule has 138 valence electrons. The monoisotopic (exact) mass is 361 g/mol. The molecule has 0 bridgehead atoms. The van der Waals surface area contributed by atoms with Crippen LogP contribution in [0.5, 0.6) is 11.5 Å². The Labute approximate surface area is 159 Å². The van der Waals surface area contributed by atoms with Gasteiger partial charge in [0.1, 0.15) is 11.5 Å². The minimum Gasteiger partial charge on any atom is -0.493 e. The van der Waals surface area contributed by atoms with Crippen LogP contribution < -0.4 is 14.8 Å². The summed E-state index contributed by atoms with van der Waals surface area (Å²) in [5.74, 6) is 1.30. The topological polar surface area (TPSA) is 47.6 Å². The predicted octanol–water partition coefficient (Wildman–Crippen LogP) is 4.63. The number of anilines is 1. The fraction of sp³-hybridized carbons (Fsp3) is 0.174. The number of ether oxygens (including phenoxy) is 2. The average Bonchev–Trinajstić information content (AvgIpc) is 2.69. The van der Waals surface area contributed by atoms with E-state index in [-0.39, 0.29) is 12.5 Å². The Balaban J connectivity index is 1.43. The molecule has 0 saturated carbocycles. The van der Waals surface area contributed by atoms with Gasteiger partial charge in [-0.2, -0.15) is 0 Å². The lowest BCUT2D eigenvalue weighted by atomic mass is 10.2. The zero-order valence-corrected chi connectivity index (χ0v) is 15.4. The number of para-hydroxylation sites is 1. The van der Waals surface area contributed by atoms with Gasteiger partial charge in [-0.15, -0.1) is 0 Å². The first kappa shape index (κ1) is 18.5. The van der Waals surface area contributed by atoms with E-state index in [1.54, 1.807) is 0 Å². The van der Waals surface area contributed by atoms with Crippen molar-refractivity contribution < 1.29 is 14.3 Å². The molecule has 0 spiro atoms. The van der Waals surface area contributed by atoms with Crippen LogP contribution in [0.4, 0.5) is 5.69 Å². The summed E-state index contributed by atoms with van der Waals surface area (Å²) in [5.41, 5.74) is 2.96. The molecule has 1 amide bonds. The summed E-state index contributed by atoms with van der Waals surface area (Å²) in [6.45, 7) is 2.53. The Morgan fingerprint density at radius 3 is 2.30 bits per heavy atom. The second-order valence-electron chi connectivity index (χ2n) is 6.21. The van der Waals surface area contributed by atoms with Crippen LogP contribution in [0.15, 0.2) is 78.9 Å². The van der Waals surface area contributed by atoms with E-state index in [2.05, 4.69) is 17.4 Å². The molecular weight excluding hydrogens is 338 g/mol. The molecule has 3 aromatic rings. The van der Waals surface area contributed by atoms with Gasteiger partial charge in [-0.3, -0.25) is 4.79 Å². The molecule has 0 fully saturated rings. The molecule has 0 aliphatic carbocycles. The molecule has 0 aromatic heterocycles. The molecule has 3 aromatic carbocycles. The predicted molar refractivity (Wildman–Crippen MR) is 107 cm³/mol. The first-order valence-electron chi connectivity index (χ1n) is 8.96. The summed E-state index contributed by atoms with van der Waals surface area (Å²) in [6, 6.07) is 25.2. The van der Waals surface area contributed by atoms with Gasteiger partial charge in [0.05, 0.1) is 6.61 Å². The quantitative estimate of drug-likeness (QED) is 0.636. The first-order valence-corrected chi connectivity index (χ1v) is 8.96. The molecule has 1 N–H and O–H groups in total. The van der Waals surface area contributed by atoms with Gasteiger partial charge in [0.25, 0.3) is 5.91 Å². The molecule has 4 nitrogen and oxygen atoms in total. The summed E-state index contributed by atoms with van der Waals surface area (Å²) in [6.07, 6.45) is 0.857. The fourth-order valence-electron chi connectivity index (χ4n) is 2.62. The van der Waals surface area contributed by atoms with Crippen LogP contribution in [0.2, 0.25) is 0 Å². The van der Waals surface area contributed by atoms with Crippen LogP contribution in [0, 0.1) is 6.92 Å². The number of rotatable bonds is 8. The average molecular weight is 361 g/mol. The van der Waals surface area contributed by atoms with Crippen LogP contribution in [-0.4, -0.2) is 19.1 Å². The third-order valence-corrected chi connectivity index (χ3v) is 4.09. The summed E-state index contributed by atoms with van der Waals surface area (Å²) in [7, 11) is 0. The van der Waals surface area contributed by atoms with E-state index in [9.17, 15) is 4.79 Å². The van der Waals surface area contributed by atoms with Gasteiger partial charge in [0.2, 0.25) is 0 Å². The maximum Gasteiger partial charge on any atom is 0.262 e. The summed E-state index contributed by atoms with van der Waals surface area (Å²) < 4.78 is 11.3. The van der Waals surface area contributed by atoms with Gasteiger partial charge >= 0.3 is 0 Å². The van der Waals surface area contributed by atoms with Crippen LogP contribution in [0.3, 0.4) is 0 Å². The van der Waals surface area contributed by atoms with Crippen molar-refractivity contribution in [3.63, 3.8) is 0 Å². The minimum absolute atomic E-state index is 0.0276. The fourth-order valence-corrected chi connectivity index (χ4v) is 2.62. The van der Waals surface area contributed by atoms with Gasteiger partial charge in [0, 0.05) is 12.1 Å². The van der Waals surface area contributed by atoms with Gasteiger partial charge in [-0.25, -0.2) is 0 Å². The number of carbonyl (C=O) groups is 1. The van der Waals surface area contributed by atoms with E-state index in [1.807, 2.05) is 73.7 Å². The van der Waals surface area contributed by atoms with Gasteiger partial charge < -0.3 is 14.8 Å². The number of nitrogens with one attached hydrogen (secondary N) is 1. The molecule has 3 rings (SSSR count). The van der Waals surface area contributed by atoms with E-state index < -0.39 is 0 Å². The van der Waals surface area contributed by atoms with Crippen molar-refractivity contribution in [2.45, 2.75) is 13.3 Å². The molecule has 0 unspecified atom stereocenters. The van der Waals surface area contributed by atoms with E-state index in [0.29, 0.717) is 12.3 Å². The van der Waals surface area contributed by atoms with Crippen molar-refractivity contribution in [1.29, 1.82) is 0 Å². The molecule has 0 radical (unpaired) electrons. The first-order chi connectivity index (χ1) is 13.2. The Bertz CT molecular complexity index is 860. The van der Waals surface area contributed by atoms with Gasteiger partial charge in [-0.1, -0.05) is 48.5 Å². The third kappa shape index (κ3) is 5.89. The molecule has 0 saturated heterocycles. The minimum atomic E-state index is -0.198. The second kappa shape index (κ2) is 9.43. The van der Waals surface area contributed by atoms with Gasteiger partial charge in [-0.05, 0) is 48.4 Å². The van der Waals surface area contributed by atoms with Crippen molar-refractivity contribution in [1.82, 2.24) is 0 Å². The Morgan fingerprint density at radius 1 is 0.852 bits per heavy atom. The smallest absolute Gasteiger partial charge is 0.262 e. The van der Waals surface area contributed by atoms with E-state index in [1.165, 1.54) is 5.56 Å². The normalized spacial score (nSPS) is 10.3. The van der Waals surface area contributed by atoms with Crippen molar-refractivity contribution in [2.75, 3.05) is 18.5 Å². The van der Waals surface area contributed by atoms with E-state index >= 15 is 0 Å². The Kier molecular flexibility index (Phi) is 6.47. The van der Waals surface area contributed by atoms with Crippen molar-refractivity contribution >= 4 is 11.6 Å². The number of hydrogen-bond donors (Lipinski definition) is 1. The summed E-state index contributed by atoms with van der Waals surface area (Å²) in [5, 5.41) is 2.82. The molecule has 0 atom stereocenters. The lowest BCUT2D eigenvalue weighted by Crippen LogP contribution is -2.20.